The fourth-order valence-electron chi connectivity index (χ4n) is 2.95. The molecule has 0 bridgehead atoms. The molecule has 5 nitrogen and oxygen atoms in total. The third-order valence-corrected chi connectivity index (χ3v) is 5.69. The average molecular weight is 310 g/mol. The number of Topliss-reactive ketones (excluding diaryl/α,β-unsaturated/α-hetero) is 1. The third kappa shape index (κ3) is 3.37. The standard InChI is InChI=1S/C15H18O5S/c16-13(9-21(17,18)8-11-3-1-2-4-11)12-5-6-14-15(7-12)20-10-19-14/h5-7,11H,1-4,8-10H2. The molecule has 0 spiro atoms. The van der Waals surface area contributed by atoms with Gasteiger partial charge in [-0.05, 0) is 37.0 Å². The number of fused-ring (bicyclic) bond motifs is 1. The summed E-state index contributed by atoms with van der Waals surface area (Å²) in [6.45, 7) is 0.132. The molecule has 1 aromatic rings. The Bertz CT molecular complexity index is 644. The number of carbonyl (C=O) groups excluding carboxylic acids is 1. The van der Waals surface area contributed by atoms with Crippen LogP contribution < -0.4 is 9.47 Å². The van der Waals surface area contributed by atoms with E-state index in [9.17, 15) is 13.2 Å². The van der Waals surface area contributed by atoms with Gasteiger partial charge in [0.1, 0.15) is 5.75 Å². The maximum atomic E-state index is 12.2. The molecule has 114 valence electrons. The van der Waals surface area contributed by atoms with E-state index in [2.05, 4.69) is 0 Å². The van der Waals surface area contributed by atoms with E-state index in [1.54, 1.807) is 18.2 Å². The lowest BCUT2D eigenvalue weighted by molar-refractivity contribution is 0.102. The molecule has 0 aromatic heterocycles. The van der Waals surface area contributed by atoms with Gasteiger partial charge >= 0.3 is 0 Å². The molecular formula is C15H18O5S. The fraction of sp³-hybridized carbons (Fsp3) is 0.533. The van der Waals surface area contributed by atoms with Crippen LogP contribution >= 0.6 is 0 Å². The second kappa shape index (κ2) is 5.67. The van der Waals surface area contributed by atoms with E-state index in [4.69, 9.17) is 9.47 Å². The first-order chi connectivity index (χ1) is 10.0. The Balaban J connectivity index is 1.67. The quantitative estimate of drug-likeness (QED) is 0.780. The number of ether oxygens (including phenoxy) is 2. The zero-order valence-electron chi connectivity index (χ0n) is 11.7. The number of hydrogen-bond acceptors (Lipinski definition) is 5. The molecular weight excluding hydrogens is 292 g/mol. The van der Waals surface area contributed by atoms with Gasteiger partial charge in [0.2, 0.25) is 6.79 Å². The summed E-state index contributed by atoms with van der Waals surface area (Å²) in [4.78, 5) is 12.2. The van der Waals surface area contributed by atoms with E-state index >= 15 is 0 Å². The predicted octanol–water partition coefficient (Wildman–Crippen LogP) is 2.20. The molecule has 1 saturated carbocycles. The van der Waals surface area contributed by atoms with Crippen LogP contribution in [0.5, 0.6) is 11.5 Å². The van der Waals surface area contributed by atoms with Crippen molar-refractivity contribution >= 4 is 15.6 Å². The first-order valence-corrected chi connectivity index (χ1v) is 8.99. The number of rotatable bonds is 5. The van der Waals surface area contributed by atoms with Crippen molar-refractivity contribution in [2.24, 2.45) is 5.92 Å². The molecule has 0 N–H and O–H groups in total. The molecule has 1 aliphatic heterocycles. The van der Waals surface area contributed by atoms with Crippen LogP contribution in [0.4, 0.5) is 0 Å². The van der Waals surface area contributed by atoms with Crippen molar-refractivity contribution in [2.75, 3.05) is 18.3 Å². The van der Waals surface area contributed by atoms with Gasteiger partial charge in [-0.2, -0.15) is 0 Å². The molecule has 0 saturated heterocycles. The number of hydrogen-bond donors (Lipinski definition) is 0. The van der Waals surface area contributed by atoms with E-state index in [0.29, 0.717) is 17.1 Å². The molecule has 1 fully saturated rings. The van der Waals surface area contributed by atoms with Crippen molar-refractivity contribution in [2.45, 2.75) is 25.7 Å². The van der Waals surface area contributed by atoms with Crippen LogP contribution in [0, 0.1) is 5.92 Å². The van der Waals surface area contributed by atoms with Crippen LogP contribution in [0.25, 0.3) is 0 Å². The largest absolute Gasteiger partial charge is 0.454 e. The molecule has 0 unspecified atom stereocenters. The van der Waals surface area contributed by atoms with Gasteiger partial charge in [0.25, 0.3) is 0 Å². The lowest BCUT2D eigenvalue weighted by Gasteiger charge is -2.09. The Morgan fingerprint density at radius 3 is 2.62 bits per heavy atom. The van der Waals surface area contributed by atoms with Gasteiger partial charge in [0.05, 0.1) is 5.75 Å². The fourth-order valence-corrected chi connectivity index (χ4v) is 4.68. The van der Waals surface area contributed by atoms with Crippen molar-refractivity contribution in [1.29, 1.82) is 0 Å². The lowest BCUT2D eigenvalue weighted by Crippen LogP contribution is -2.22. The second-order valence-electron chi connectivity index (χ2n) is 5.70. The average Bonchev–Trinajstić information content (AvgIpc) is 3.07. The number of ketones is 1. The summed E-state index contributed by atoms with van der Waals surface area (Å²) in [5, 5.41) is 0. The maximum Gasteiger partial charge on any atom is 0.231 e. The Hall–Kier alpha value is -1.56. The molecule has 1 aromatic carbocycles. The highest BCUT2D eigenvalue weighted by molar-refractivity contribution is 7.92. The van der Waals surface area contributed by atoms with Crippen LogP contribution in [0.3, 0.4) is 0 Å². The minimum absolute atomic E-state index is 0.128. The lowest BCUT2D eigenvalue weighted by atomic mass is 10.1. The topological polar surface area (TPSA) is 69.7 Å². The summed E-state index contributed by atoms with van der Waals surface area (Å²) in [6, 6.07) is 4.77. The Morgan fingerprint density at radius 2 is 1.86 bits per heavy atom. The predicted molar refractivity (Wildman–Crippen MR) is 77.5 cm³/mol. The SMILES string of the molecule is O=C(CS(=O)(=O)CC1CCCC1)c1ccc2c(c1)OCO2. The van der Waals surface area contributed by atoms with E-state index in [0.717, 1.165) is 25.7 Å². The summed E-state index contributed by atoms with van der Waals surface area (Å²) in [7, 11) is -3.35. The van der Waals surface area contributed by atoms with Gasteiger partial charge in [0.15, 0.2) is 27.1 Å². The molecule has 6 heteroatoms. The van der Waals surface area contributed by atoms with Crippen molar-refractivity contribution in [1.82, 2.24) is 0 Å². The molecule has 3 rings (SSSR count). The van der Waals surface area contributed by atoms with Crippen LogP contribution in [0.15, 0.2) is 18.2 Å². The van der Waals surface area contributed by atoms with Gasteiger partial charge in [-0.25, -0.2) is 8.42 Å². The van der Waals surface area contributed by atoms with Crippen molar-refractivity contribution in [3.63, 3.8) is 0 Å². The minimum atomic E-state index is -3.35. The molecule has 0 amide bonds. The van der Waals surface area contributed by atoms with Crippen molar-refractivity contribution in [3.05, 3.63) is 23.8 Å². The van der Waals surface area contributed by atoms with Gasteiger partial charge < -0.3 is 9.47 Å². The molecule has 2 aliphatic rings. The van der Waals surface area contributed by atoms with Crippen LogP contribution in [0.2, 0.25) is 0 Å². The highest BCUT2D eigenvalue weighted by atomic mass is 32.2. The molecule has 0 radical (unpaired) electrons. The summed E-state index contributed by atoms with van der Waals surface area (Å²) >= 11 is 0. The second-order valence-corrected chi connectivity index (χ2v) is 7.81. The van der Waals surface area contributed by atoms with Gasteiger partial charge in [-0.1, -0.05) is 12.8 Å². The molecule has 1 heterocycles. The number of sulfone groups is 1. The number of carbonyl (C=O) groups is 1. The van der Waals surface area contributed by atoms with Gasteiger partial charge in [-0.3, -0.25) is 4.79 Å². The smallest absolute Gasteiger partial charge is 0.231 e. The summed E-state index contributed by atoms with van der Waals surface area (Å²) in [6.07, 6.45) is 4.10. The normalized spacial score (nSPS) is 18.1. The van der Waals surface area contributed by atoms with Crippen molar-refractivity contribution in [3.8, 4) is 11.5 Å². The van der Waals surface area contributed by atoms with E-state index in [-0.39, 0.29) is 24.2 Å². The van der Waals surface area contributed by atoms with Gasteiger partial charge in [0, 0.05) is 5.56 Å². The zero-order chi connectivity index (χ0) is 14.9. The van der Waals surface area contributed by atoms with E-state index in [1.165, 1.54) is 0 Å². The molecule has 0 atom stereocenters. The Morgan fingerprint density at radius 1 is 1.14 bits per heavy atom. The van der Waals surface area contributed by atoms with Gasteiger partial charge in [-0.15, -0.1) is 0 Å². The monoisotopic (exact) mass is 310 g/mol. The van der Waals surface area contributed by atoms with Crippen LogP contribution in [-0.4, -0.2) is 32.5 Å². The number of benzene rings is 1. The van der Waals surface area contributed by atoms with Crippen LogP contribution in [-0.2, 0) is 9.84 Å². The molecule has 21 heavy (non-hydrogen) atoms. The zero-order valence-corrected chi connectivity index (χ0v) is 12.5. The Kier molecular flexibility index (Phi) is 3.89. The molecule has 1 aliphatic carbocycles. The first kappa shape index (κ1) is 14.4. The maximum absolute atomic E-state index is 12.2. The third-order valence-electron chi connectivity index (χ3n) is 4.01. The first-order valence-electron chi connectivity index (χ1n) is 7.17. The Labute approximate surface area is 124 Å². The highest BCUT2D eigenvalue weighted by Gasteiger charge is 2.26. The van der Waals surface area contributed by atoms with Crippen LogP contribution in [0.1, 0.15) is 36.0 Å². The summed E-state index contributed by atoms with van der Waals surface area (Å²) < 4.78 is 34.6. The van der Waals surface area contributed by atoms with E-state index in [1.807, 2.05) is 0 Å². The highest BCUT2D eigenvalue weighted by Crippen LogP contribution is 2.33. The summed E-state index contributed by atoms with van der Waals surface area (Å²) in [5.74, 6) is 0.618. The minimum Gasteiger partial charge on any atom is -0.454 e. The van der Waals surface area contributed by atoms with Crippen molar-refractivity contribution < 1.29 is 22.7 Å². The summed E-state index contributed by atoms with van der Waals surface area (Å²) in [5.41, 5.74) is 0.356. The van der Waals surface area contributed by atoms with E-state index < -0.39 is 15.6 Å².